The minimum Gasteiger partial charge on any atom is -0.388 e. The molecule has 1 saturated carbocycles. The molecule has 5 heteroatoms. The van der Waals surface area contributed by atoms with Crippen LogP contribution in [0.5, 0.6) is 0 Å². The van der Waals surface area contributed by atoms with Crippen molar-refractivity contribution in [1.82, 2.24) is 10.3 Å². The van der Waals surface area contributed by atoms with Crippen LogP contribution >= 0.6 is 0 Å². The van der Waals surface area contributed by atoms with Gasteiger partial charge in [-0.05, 0) is 43.7 Å². The average molecular weight is 317 g/mol. The van der Waals surface area contributed by atoms with Gasteiger partial charge in [-0.3, -0.25) is 4.79 Å². The third kappa shape index (κ3) is 4.02. The normalized spacial score (nSPS) is 21.4. The molecule has 1 amide bonds. The molecule has 0 aromatic carbocycles. The van der Waals surface area contributed by atoms with Gasteiger partial charge < -0.3 is 15.3 Å². The molecule has 3 rings (SSSR count). The van der Waals surface area contributed by atoms with Gasteiger partial charge in [-0.25, -0.2) is 4.98 Å². The van der Waals surface area contributed by atoms with Crippen LogP contribution in [0.3, 0.4) is 0 Å². The van der Waals surface area contributed by atoms with E-state index in [2.05, 4.69) is 22.1 Å². The van der Waals surface area contributed by atoms with Crippen molar-refractivity contribution >= 4 is 11.7 Å². The molecule has 126 valence electrons. The molecule has 1 aliphatic carbocycles. The standard InChI is InChI=1S/C18H27N3O2/c1-14-6-10-21(11-7-14)16-5-4-15(12-19-16)17(22)20-13-18(23)8-2-3-9-18/h4-5,12,14,23H,2-3,6-11,13H2,1H3,(H,20,22). The van der Waals surface area contributed by atoms with E-state index in [-0.39, 0.29) is 5.91 Å². The van der Waals surface area contributed by atoms with Crippen LogP contribution in [0, 0.1) is 5.92 Å². The van der Waals surface area contributed by atoms with Gasteiger partial charge in [-0.2, -0.15) is 0 Å². The van der Waals surface area contributed by atoms with Gasteiger partial charge >= 0.3 is 0 Å². The minimum absolute atomic E-state index is 0.156. The van der Waals surface area contributed by atoms with Gasteiger partial charge in [0.1, 0.15) is 5.82 Å². The van der Waals surface area contributed by atoms with Crippen molar-refractivity contribution in [3.8, 4) is 0 Å². The Balaban J connectivity index is 1.55. The molecule has 2 aliphatic rings. The molecule has 5 nitrogen and oxygen atoms in total. The highest BCUT2D eigenvalue weighted by Crippen LogP contribution is 2.28. The van der Waals surface area contributed by atoms with Crippen LogP contribution in [-0.2, 0) is 0 Å². The maximum atomic E-state index is 12.2. The second kappa shape index (κ2) is 6.87. The van der Waals surface area contributed by atoms with Crippen molar-refractivity contribution in [3.63, 3.8) is 0 Å². The Labute approximate surface area is 138 Å². The molecule has 2 heterocycles. The van der Waals surface area contributed by atoms with E-state index < -0.39 is 5.60 Å². The second-order valence-electron chi connectivity index (χ2n) is 7.19. The highest BCUT2D eigenvalue weighted by atomic mass is 16.3. The van der Waals surface area contributed by atoms with E-state index in [1.54, 1.807) is 6.20 Å². The van der Waals surface area contributed by atoms with E-state index in [9.17, 15) is 9.90 Å². The van der Waals surface area contributed by atoms with Crippen LogP contribution in [0.2, 0.25) is 0 Å². The van der Waals surface area contributed by atoms with Gasteiger partial charge in [0.05, 0.1) is 11.2 Å². The number of carbonyl (C=O) groups is 1. The lowest BCUT2D eigenvalue weighted by atomic mass is 9.99. The summed E-state index contributed by atoms with van der Waals surface area (Å²) in [5.41, 5.74) is -0.159. The Bertz CT molecular complexity index is 530. The molecule has 1 saturated heterocycles. The molecule has 1 aromatic heterocycles. The number of pyridine rings is 1. The maximum Gasteiger partial charge on any atom is 0.252 e. The lowest BCUT2D eigenvalue weighted by molar-refractivity contribution is 0.0449. The smallest absolute Gasteiger partial charge is 0.252 e. The maximum absolute atomic E-state index is 12.2. The van der Waals surface area contributed by atoms with Crippen molar-refractivity contribution in [2.75, 3.05) is 24.5 Å². The highest BCUT2D eigenvalue weighted by molar-refractivity contribution is 5.94. The fraction of sp³-hybridized carbons (Fsp3) is 0.667. The van der Waals surface area contributed by atoms with Gasteiger partial charge in [-0.1, -0.05) is 19.8 Å². The SMILES string of the molecule is CC1CCN(c2ccc(C(=O)NCC3(O)CCCC3)cn2)CC1. The summed E-state index contributed by atoms with van der Waals surface area (Å²) in [6.07, 6.45) is 7.66. The molecule has 23 heavy (non-hydrogen) atoms. The molecular formula is C18H27N3O2. The van der Waals surface area contributed by atoms with Crippen LogP contribution in [0.4, 0.5) is 5.82 Å². The summed E-state index contributed by atoms with van der Waals surface area (Å²) in [6, 6.07) is 3.75. The number of nitrogens with zero attached hydrogens (tertiary/aromatic N) is 2. The fourth-order valence-electron chi connectivity index (χ4n) is 3.50. The summed E-state index contributed by atoms with van der Waals surface area (Å²) >= 11 is 0. The highest BCUT2D eigenvalue weighted by Gasteiger charge is 2.31. The van der Waals surface area contributed by atoms with Gasteiger partial charge in [0.25, 0.3) is 5.91 Å². The zero-order valence-electron chi connectivity index (χ0n) is 13.9. The number of rotatable bonds is 4. The van der Waals surface area contributed by atoms with Crippen LogP contribution in [0.1, 0.15) is 55.8 Å². The zero-order chi connectivity index (χ0) is 16.3. The number of aliphatic hydroxyl groups is 1. The number of anilines is 1. The molecule has 0 unspecified atom stereocenters. The summed E-state index contributed by atoms with van der Waals surface area (Å²) in [7, 11) is 0. The van der Waals surface area contributed by atoms with E-state index in [4.69, 9.17) is 0 Å². The van der Waals surface area contributed by atoms with Crippen molar-refractivity contribution in [1.29, 1.82) is 0 Å². The Morgan fingerprint density at radius 3 is 2.65 bits per heavy atom. The summed E-state index contributed by atoms with van der Waals surface area (Å²) in [5, 5.41) is 13.1. The first-order valence-corrected chi connectivity index (χ1v) is 8.77. The quantitative estimate of drug-likeness (QED) is 0.895. The lowest BCUT2D eigenvalue weighted by Gasteiger charge is -2.31. The molecule has 2 fully saturated rings. The molecule has 0 atom stereocenters. The Morgan fingerprint density at radius 1 is 1.35 bits per heavy atom. The van der Waals surface area contributed by atoms with Crippen molar-refractivity contribution in [2.45, 2.75) is 51.0 Å². The van der Waals surface area contributed by atoms with E-state index in [0.29, 0.717) is 12.1 Å². The third-order valence-electron chi connectivity index (χ3n) is 5.23. The lowest BCUT2D eigenvalue weighted by Crippen LogP contribution is -2.40. The summed E-state index contributed by atoms with van der Waals surface area (Å²) in [4.78, 5) is 18.9. The first kappa shape index (κ1) is 16.2. The van der Waals surface area contributed by atoms with E-state index >= 15 is 0 Å². The van der Waals surface area contributed by atoms with E-state index in [1.165, 1.54) is 12.8 Å². The molecule has 0 bridgehead atoms. The van der Waals surface area contributed by atoms with Crippen LogP contribution < -0.4 is 10.2 Å². The predicted octanol–water partition coefficient (Wildman–Crippen LogP) is 2.35. The molecule has 1 aliphatic heterocycles. The van der Waals surface area contributed by atoms with Gasteiger partial charge in [0.2, 0.25) is 0 Å². The first-order chi connectivity index (χ1) is 11.1. The molecule has 0 spiro atoms. The Kier molecular flexibility index (Phi) is 4.85. The van der Waals surface area contributed by atoms with Gasteiger partial charge in [0, 0.05) is 25.8 Å². The number of nitrogens with one attached hydrogen (secondary N) is 1. The number of piperidine rings is 1. The van der Waals surface area contributed by atoms with Gasteiger partial charge in [-0.15, -0.1) is 0 Å². The second-order valence-corrected chi connectivity index (χ2v) is 7.19. The number of amides is 1. The molecule has 0 radical (unpaired) electrons. The van der Waals surface area contributed by atoms with E-state index in [1.807, 2.05) is 12.1 Å². The zero-order valence-corrected chi connectivity index (χ0v) is 13.9. The minimum atomic E-state index is -0.715. The molecule has 2 N–H and O–H groups in total. The van der Waals surface area contributed by atoms with Crippen molar-refractivity contribution < 1.29 is 9.90 Å². The van der Waals surface area contributed by atoms with Gasteiger partial charge in [0.15, 0.2) is 0 Å². The third-order valence-corrected chi connectivity index (χ3v) is 5.23. The molecule has 1 aromatic rings. The number of hydrogen-bond acceptors (Lipinski definition) is 4. The summed E-state index contributed by atoms with van der Waals surface area (Å²) < 4.78 is 0. The largest absolute Gasteiger partial charge is 0.388 e. The average Bonchev–Trinajstić information content (AvgIpc) is 3.01. The summed E-state index contributed by atoms with van der Waals surface area (Å²) in [6.45, 7) is 4.69. The predicted molar refractivity (Wildman–Crippen MR) is 90.6 cm³/mol. The van der Waals surface area contributed by atoms with Crippen LogP contribution in [0.25, 0.3) is 0 Å². The van der Waals surface area contributed by atoms with Crippen LogP contribution in [0.15, 0.2) is 18.3 Å². The number of aromatic nitrogens is 1. The Hall–Kier alpha value is -1.62. The van der Waals surface area contributed by atoms with Crippen molar-refractivity contribution in [3.05, 3.63) is 23.9 Å². The monoisotopic (exact) mass is 317 g/mol. The first-order valence-electron chi connectivity index (χ1n) is 8.77. The molecular weight excluding hydrogens is 290 g/mol. The Morgan fingerprint density at radius 2 is 2.04 bits per heavy atom. The fourth-order valence-corrected chi connectivity index (χ4v) is 3.50. The van der Waals surface area contributed by atoms with E-state index in [0.717, 1.165) is 50.5 Å². The summed E-state index contributed by atoms with van der Waals surface area (Å²) in [5.74, 6) is 1.58. The number of hydrogen-bond donors (Lipinski definition) is 2. The van der Waals surface area contributed by atoms with Crippen molar-refractivity contribution in [2.24, 2.45) is 5.92 Å². The topological polar surface area (TPSA) is 65.5 Å². The number of carbonyl (C=O) groups excluding carboxylic acids is 1. The van der Waals surface area contributed by atoms with Crippen LogP contribution in [-0.4, -0.2) is 41.2 Å².